The molecule has 0 aliphatic heterocycles. The number of H-pyrrole nitrogens is 1. The van der Waals surface area contributed by atoms with E-state index in [4.69, 9.17) is 4.74 Å². The van der Waals surface area contributed by atoms with Crippen molar-refractivity contribution < 1.29 is 4.74 Å². The Balaban J connectivity index is 2.34. The van der Waals surface area contributed by atoms with Gasteiger partial charge in [0.2, 0.25) is 0 Å². The summed E-state index contributed by atoms with van der Waals surface area (Å²) in [5, 5.41) is 0. The van der Waals surface area contributed by atoms with E-state index in [1.165, 1.54) is 12.8 Å². The molecule has 0 spiro atoms. The molecular formula is C14H22N2O2. The summed E-state index contributed by atoms with van der Waals surface area (Å²) in [6.45, 7) is 6.42. The molecule has 100 valence electrons. The van der Waals surface area contributed by atoms with Crippen LogP contribution in [0.4, 0.5) is 0 Å². The van der Waals surface area contributed by atoms with Gasteiger partial charge in [-0.15, -0.1) is 0 Å². The molecule has 1 heterocycles. The van der Waals surface area contributed by atoms with E-state index in [9.17, 15) is 4.79 Å². The fourth-order valence-electron chi connectivity index (χ4n) is 2.62. The lowest BCUT2D eigenvalue weighted by Gasteiger charge is -2.24. The first-order valence-corrected chi connectivity index (χ1v) is 6.78. The maximum atomic E-state index is 11.8. The average molecular weight is 250 g/mol. The van der Waals surface area contributed by atoms with Crippen molar-refractivity contribution in [2.24, 2.45) is 0 Å². The Labute approximate surface area is 108 Å². The van der Waals surface area contributed by atoms with Crippen molar-refractivity contribution in [3.8, 4) is 0 Å². The van der Waals surface area contributed by atoms with Gasteiger partial charge in [-0.25, -0.2) is 4.98 Å². The van der Waals surface area contributed by atoms with Crippen LogP contribution in [-0.2, 0) is 10.3 Å². The zero-order chi connectivity index (χ0) is 13.2. The van der Waals surface area contributed by atoms with Crippen LogP contribution < -0.4 is 5.56 Å². The van der Waals surface area contributed by atoms with E-state index in [2.05, 4.69) is 9.97 Å². The molecule has 1 aromatic heterocycles. The van der Waals surface area contributed by atoms with Crippen LogP contribution in [0.2, 0.25) is 0 Å². The average Bonchev–Trinajstić information content (AvgIpc) is 2.81. The van der Waals surface area contributed by atoms with Crippen molar-refractivity contribution in [3.05, 3.63) is 27.9 Å². The fraction of sp³-hybridized carbons (Fsp3) is 0.714. The van der Waals surface area contributed by atoms with Crippen LogP contribution in [0, 0.1) is 0 Å². The summed E-state index contributed by atoms with van der Waals surface area (Å²) in [4.78, 5) is 19.2. The maximum absolute atomic E-state index is 11.8. The molecule has 0 aromatic carbocycles. The Kier molecular flexibility index (Phi) is 3.85. The highest BCUT2D eigenvalue weighted by Gasteiger charge is 2.26. The van der Waals surface area contributed by atoms with Gasteiger partial charge in [-0.1, -0.05) is 12.8 Å². The van der Waals surface area contributed by atoms with E-state index in [0.29, 0.717) is 18.3 Å². The van der Waals surface area contributed by atoms with Crippen LogP contribution in [0.3, 0.4) is 0 Å². The Morgan fingerprint density at radius 2 is 2.11 bits per heavy atom. The van der Waals surface area contributed by atoms with Crippen molar-refractivity contribution in [2.45, 2.75) is 58.0 Å². The largest absolute Gasteiger partial charge is 0.368 e. The van der Waals surface area contributed by atoms with Crippen molar-refractivity contribution in [2.75, 3.05) is 6.61 Å². The zero-order valence-corrected chi connectivity index (χ0v) is 11.5. The minimum Gasteiger partial charge on any atom is -0.368 e. The van der Waals surface area contributed by atoms with Gasteiger partial charge in [0, 0.05) is 18.6 Å². The summed E-state index contributed by atoms with van der Waals surface area (Å²) < 4.78 is 5.66. The van der Waals surface area contributed by atoms with Gasteiger partial charge in [-0.3, -0.25) is 4.79 Å². The summed E-state index contributed by atoms with van der Waals surface area (Å²) in [7, 11) is 0. The van der Waals surface area contributed by atoms with Crippen LogP contribution in [0.25, 0.3) is 0 Å². The van der Waals surface area contributed by atoms with Crippen LogP contribution in [0.15, 0.2) is 10.9 Å². The molecule has 1 aliphatic rings. The molecule has 0 amide bonds. The summed E-state index contributed by atoms with van der Waals surface area (Å²) in [6.07, 6.45) is 4.77. The van der Waals surface area contributed by atoms with Gasteiger partial charge in [0.15, 0.2) is 0 Å². The Morgan fingerprint density at radius 3 is 2.72 bits per heavy atom. The lowest BCUT2D eigenvalue weighted by Crippen LogP contribution is -2.28. The minimum absolute atomic E-state index is 0.0744. The third-order valence-corrected chi connectivity index (χ3v) is 3.61. The molecule has 18 heavy (non-hydrogen) atoms. The standard InChI is InChI=1S/C14H22N2O2/c1-4-18-14(2,3)13-15-11(9-12(17)16-13)10-7-5-6-8-10/h9-10H,4-8H2,1-3H3,(H,15,16,17). The first kappa shape index (κ1) is 13.3. The van der Waals surface area contributed by atoms with Crippen LogP contribution in [0.5, 0.6) is 0 Å². The van der Waals surface area contributed by atoms with Crippen LogP contribution in [0.1, 0.15) is 63.9 Å². The summed E-state index contributed by atoms with van der Waals surface area (Å²) in [5.41, 5.74) is 0.316. The number of hydrogen-bond acceptors (Lipinski definition) is 3. The molecule has 1 fully saturated rings. The Hall–Kier alpha value is -1.16. The third-order valence-electron chi connectivity index (χ3n) is 3.61. The molecule has 0 bridgehead atoms. The number of nitrogens with zero attached hydrogens (tertiary/aromatic N) is 1. The second-order valence-electron chi connectivity index (χ2n) is 5.44. The number of aromatic nitrogens is 2. The van der Waals surface area contributed by atoms with Gasteiger partial charge >= 0.3 is 0 Å². The van der Waals surface area contributed by atoms with E-state index in [1.807, 2.05) is 20.8 Å². The molecule has 1 N–H and O–H groups in total. The fourth-order valence-corrected chi connectivity index (χ4v) is 2.62. The molecule has 0 radical (unpaired) electrons. The quantitative estimate of drug-likeness (QED) is 0.894. The first-order chi connectivity index (χ1) is 8.53. The molecule has 2 rings (SSSR count). The van der Waals surface area contributed by atoms with Gasteiger partial charge < -0.3 is 9.72 Å². The number of aromatic amines is 1. The summed E-state index contributed by atoms with van der Waals surface area (Å²) in [6, 6.07) is 1.64. The molecule has 4 heteroatoms. The van der Waals surface area contributed by atoms with E-state index in [1.54, 1.807) is 6.07 Å². The molecule has 1 aliphatic carbocycles. The molecule has 0 atom stereocenters. The van der Waals surface area contributed by atoms with Gasteiger partial charge in [0.05, 0.1) is 5.69 Å². The lowest BCUT2D eigenvalue weighted by molar-refractivity contribution is -0.0211. The Morgan fingerprint density at radius 1 is 1.44 bits per heavy atom. The van der Waals surface area contributed by atoms with E-state index in [-0.39, 0.29) is 5.56 Å². The van der Waals surface area contributed by atoms with Gasteiger partial charge in [-0.2, -0.15) is 0 Å². The molecule has 1 aromatic rings. The lowest BCUT2D eigenvalue weighted by atomic mass is 10.0. The third kappa shape index (κ3) is 2.80. The summed E-state index contributed by atoms with van der Waals surface area (Å²) >= 11 is 0. The normalized spacial score (nSPS) is 17.3. The predicted octanol–water partition coefficient (Wildman–Crippen LogP) is 2.70. The second-order valence-corrected chi connectivity index (χ2v) is 5.44. The topological polar surface area (TPSA) is 55.0 Å². The molecule has 1 saturated carbocycles. The van der Waals surface area contributed by atoms with Gasteiger partial charge in [0.1, 0.15) is 11.4 Å². The molecular weight excluding hydrogens is 228 g/mol. The van der Waals surface area contributed by atoms with Crippen LogP contribution in [-0.4, -0.2) is 16.6 Å². The van der Waals surface area contributed by atoms with Gasteiger partial charge in [0.25, 0.3) is 5.56 Å². The molecule has 4 nitrogen and oxygen atoms in total. The predicted molar refractivity (Wildman–Crippen MR) is 70.7 cm³/mol. The smallest absolute Gasteiger partial charge is 0.251 e. The van der Waals surface area contributed by atoms with Gasteiger partial charge in [-0.05, 0) is 33.6 Å². The monoisotopic (exact) mass is 250 g/mol. The second kappa shape index (κ2) is 5.22. The van der Waals surface area contributed by atoms with Crippen molar-refractivity contribution in [3.63, 3.8) is 0 Å². The molecule has 0 saturated heterocycles. The SMILES string of the molecule is CCOC(C)(C)c1nc(C2CCCC2)cc(=O)[nH]1. The van der Waals surface area contributed by atoms with E-state index in [0.717, 1.165) is 18.5 Å². The Bertz CT molecular complexity index is 459. The highest BCUT2D eigenvalue weighted by molar-refractivity contribution is 5.12. The number of ether oxygens (including phenoxy) is 1. The van der Waals surface area contributed by atoms with Crippen molar-refractivity contribution in [1.29, 1.82) is 0 Å². The first-order valence-electron chi connectivity index (χ1n) is 6.78. The van der Waals surface area contributed by atoms with Crippen LogP contribution >= 0.6 is 0 Å². The number of nitrogens with one attached hydrogen (secondary N) is 1. The van der Waals surface area contributed by atoms with E-state index < -0.39 is 5.60 Å². The summed E-state index contributed by atoms with van der Waals surface area (Å²) in [5.74, 6) is 1.09. The molecule has 0 unspecified atom stereocenters. The van der Waals surface area contributed by atoms with Crippen molar-refractivity contribution >= 4 is 0 Å². The zero-order valence-electron chi connectivity index (χ0n) is 11.5. The highest BCUT2D eigenvalue weighted by atomic mass is 16.5. The minimum atomic E-state index is -0.539. The number of rotatable bonds is 4. The van der Waals surface area contributed by atoms with E-state index >= 15 is 0 Å². The number of hydrogen-bond donors (Lipinski definition) is 1. The van der Waals surface area contributed by atoms with Crippen molar-refractivity contribution in [1.82, 2.24) is 9.97 Å². The maximum Gasteiger partial charge on any atom is 0.251 e. The highest BCUT2D eigenvalue weighted by Crippen LogP contribution is 2.33.